The summed E-state index contributed by atoms with van der Waals surface area (Å²) < 4.78 is 11.5. The molecule has 2 amide bonds. The SMILES string of the molecule is COc1cc(Br)c(C=CC(=O)N2CCN(CC(=O)N3CCN(C4CCC4)CC3)CC2)cc1OC. The highest BCUT2D eigenvalue weighted by atomic mass is 79.9. The molecule has 0 spiro atoms. The molecular formula is C25H35BrN4O4. The van der Waals surface area contributed by atoms with Crippen LogP contribution in [0, 0.1) is 0 Å². The third-order valence-electron chi connectivity index (χ3n) is 7.21. The van der Waals surface area contributed by atoms with Crippen LogP contribution in [-0.4, -0.2) is 111 Å². The van der Waals surface area contributed by atoms with Crippen LogP contribution in [0.5, 0.6) is 11.5 Å². The normalized spacial score (nSPS) is 20.4. The summed E-state index contributed by atoms with van der Waals surface area (Å²) in [6, 6.07) is 4.42. The van der Waals surface area contributed by atoms with Crippen LogP contribution in [0.15, 0.2) is 22.7 Å². The van der Waals surface area contributed by atoms with E-state index in [1.807, 2.05) is 21.9 Å². The fourth-order valence-corrected chi connectivity index (χ4v) is 5.22. The highest BCUT2D eigenvalue weighted by Crippen LogP contribution is 2.34. The molecule has 9 heteroatoms. The minimum atomic E-state index is -0.0280. The Morgan fingerprint density at radius 3 is 2.15 bits per heavy atom. The molecule has 0 atom stereocenters. The number of rotatable bonds is 7. The van der Waals surface area contributed by atoms with Crippen molar-refractivity contribution in [3.63, 3.8) is 0 Å². The molecular weight excluding hydrogens is 500 g/mol. The van der Waals surface area contributed by atoms with Crippen LogP contribution in [0.2, 0.25) is 0 Å². The first-order valence-corrected chi connectivity index (χ1v) is 12.9. The molecule has 186 valence electrons. The van der Waals surface area contributed by atoms with Gasteiger partial charge >= 0.3 is 0 Å². The zero-order valence-electron chi connectivity index (χ0n) is 20.2. The minimum absolute atomic E-state index is 0.0280. The molecule has 1 aromatic carbocycles. The van der Waals surface area contributed by atoms with Gasteiger partial charge in [-0.2, -0.15) is 0 Å². The van der Waals surface area contributed by atoms with Crippen molar-refractivity contribution in [2.75, 3.05) is 73.1 Å². The van der Waals surface area contributed by atoms with Gasteiger partial charge in [0.05, 0.1) is 20.8 Å². The van der Waals surface area contributed by atoms with Gasteiger partial charge in [0.25, 0.3) is 0 Å². The maximum Gasteiger partial charge on any atom is 0.246 e. The van der Waals surface area contributed by atoms with E-state index >= 15 is 0 Å². The average Bonchev–Trinajstić information content (AvgIpc) is 2.82. The van der Waals surface area contributed by atoms with Crippen LogP contribution >= 0.6 is 15.9 Å². The van der Waals surface area contributed by atoms with E-state index in [-0.39, 0.29) is 11.8 Å². The van der Waals surface area contributed by atoms with Gasteiger partial charge in [0.2, 0.25) is 11.8 Å². The Kier molecular flexibility index (Phi) is 8.50. The predicted octanol–water partition coefficient (Wildman–Crippen LogP) is 2.32. The molecule has 2 aliphatic heterocycles. The Balaban J connectivity index is 1.22. The number of ether oxygens (including phenoxy) is 2. The van der Waals surface area contributed by atoms with Crippen molar-refractivity contribution in [2.45, 2.75) is 25.3 Å². The van der Waals surface area contributed by atoms with Crippen molar-refractivity contribution in [3.8, 4) is 11.5 Å². The lowest BCUT2D eigenvalue weighted by Gasteiger charge is -2.43. The number of hydrogen-bond donors (Lipinski definition) is 0. The van der Waals surface area contributed by atoms with Gasteiger partial charge in [-0.05, 0) is 36.6 Å². The molecule has 3 fully saturated rings. The van der Waals surface area contributed by atoms with Gasteiger partial charge in [0.15, 0.2) is 11.5 Å². The zero-order chi connectivity index (χ0) is 24.1. The van der Waals surface area contributed by atoms with Crippen LogP contribution < -0.4 is 9.47 Å². The van der Waals surface area contributed by atoms with Crippen molar-refractivity contribution >= 4 is 33.8 Å². The van der Waals surface area contributed by atoms with E-state index in [1.54, 1.807) is 26.4 Å². The molecule has 2 saturated heterocycles. The molecule has 3 aliphatic rings. The van der Waals surface area contributed by atoms with Gasteiger partial charge in [-0.3, -0.25) is 19.4 Å². The van der Waals surface area contributed by atoms with Crippen LogP contribution in [0.3, 0.4) is 0 Å². The van der Waals surface area contributed by atoms with E-state index < -0.39 is 0 Å². The average molecular weight is 535 g/mol. The number of nitrogens with zero attached hydrogens (tertiary/aromatic N) is 4. The predicted molar refractivity (Wildman–Crippen MR) is 135 cm³/mol. The Morgan fingerprint density at radius 1 is 0.941 bits per heavy atom. The topological polar surface area (TPSA) is 65.6 Å². The molecule has 0 radical (unpaired) electrons. The third-order valence-corrected chi connectivity index (χ3v) is 7.90. The van der Waals surface area contributed by atoms with Gasteiger partial charge in [-0.1, -0.05) is 22.4 Å². The Labute approximate surface area is 210 Å². The zero-order valence-corrected chi connectivity index (χ0v) is 21.8. The third kappa shape index (κ3) is 5.93. The van der Waals surface area contributed by atoms with Gasteiger partial charge in [0.1, 0.15) is 0 Å². The molecule has 34 heavy (non-hydrogen) atoms. The molecule has 0 bridgehead atoms. The molecule has 1 aromatic rings. The van der Waals surface area contributed by atoms with E-state index in [4.69, 9.17) is 9.47 Å². The summed E-state index contributed by atoms with van der Waals surface area (Å²) in [4.78, 5) is 34.1. The molecule has 0 unspecified atom stereocenters. The first kappa shape index (κ1) is 25.0. The molecule has 4 rings (SSSR count). The lowest BCUT2D eigenvalue weighted by atomic mass is 9.91. The number of methoxy groups -OCH3 is 2. The van der Waals surface area contributed by atoms with Crippen LogP contribution in [0.4, 0.5) is 0 Å². The minimum Gasteiger partial charge on any atom is -0.493 e. The van der Waals surface area contributed by atoms with E-state index in [0.29, 0.717) is 44.2 Å². The second-order valence-corrected chi connectivity index (χ2v) is 10.0. The number of hydrogen-bond acceptors (Lipinski definition) is 6. The standard InChI is InChI=1S/C25H35BrN4O4/c1-33-22-16-19(21(26)17-23(22)34-2)6-7-24(31)29-10-8-27(9-11-29)18-25(32)30-14-12-28(13-15-30)20-4-3-5-20/h6-7,16-17,20H,3-5,8-15,18H2,1-2H3. The fourth-order valence-electron chi connectivity index (χ4n) is 4.77. The van der Waals surface area contributed by atoms with Crippen molar-refractivity contribution in [1.29, 1.82) is 0 Å². The molecule has 1 aliphatic carbocycles. The molecule has 1 saturated carbocycles. The summed E-state index contributed by atoms with van der Waals surface area (Å²) >= 11 is 3.52. The summed E-state index contributed by atoms with van der Waals surface area (Å²) in [6.07, 6.45) is 7.36. The Hall–Kier alpha value is -2.10. The van der Waals surface area contributed by atoms with E-state index in [9.17, 15) is 9.59 Å². The highest BCUT2D eigenvalue weighted by molar-refractivity contribution is 9.10. The maximum atomic E-state index is 12.8. The number of piperazine rings is 2. The Morgan fingerprint density at radius 2 is 1.56 bits per heavy atom. The van der Waals surface area contributed by atoms with Gasteiger partial charge in [-0.15, -0.1) is 0 Å². The van der Waals surface area contributed by atoms with Crippen molar-refractivity contribution < 1.29 is 19.1 Å². The second kappa shape index (κ2) is 11.6. The summed E-state index contributed by atoms with van der Waals surface area (Å²) in [5.74, 6) is 1.43. The van der Waals surface area contributed by atoms with E-state index in [0.717, 1.165) is 42.3 Å². The second-order valence-electron chi connectivity index (χ2n) is 9.16. The number of benzene rings is 1. The molecule has 8 nitrogen and oxygen atoms in total. The molecule has 0 aromatic heterocycles. The number of carbonyl (C=O) groups is 2. The number of carbonyl (C=O) groups excluding carboxylic acids is 2. The van der Waals surface area contributed by atoms with Crippen molar-refractivity contribution in [3.05, 3.63) is 28.2 Å². The van der Waals surface area contributed by atoms with Crippen LogP contribution in [0.1, 0.15) is 24.8 Å². The van der Waals surface area contributed by atoms with Gasteiger partial charge in [0, 0.05) is 68.9 Å². The Bertz CT molecular complexity index is 904. The lowest BCUT2D eigenvalue weighted by molar-refractivity contribution is -0.135. The quantitative estimate of drug-likeness (QED) is 0.500. The maximum absolute atomic E-state index is 12.8. The highest BCUT2D eigenvalue weighted by Gasteiger charge is 2.30. The van der Waals surface area contributed by atoms with Crippen LogP contribution in [0.25, 0.3) is 6.08 Å². The largest absolute Gasteiger partial charge is 0.493 e. The van der Waals surface area contributed by atoms with E-state index in [2.05, 4.69) is 25.7 Å². The van der Waals surface area contributed by atoms with Crippen LogP contribution in [-0.2, 0) is 9.59 Å². The number of halogens is 1. The van der Waals surface area contributed by atoms with Crippen molar-refractivity contribution in [2.24, 2.45) is 0 Å². The summed E-state index contributed by atoms with van der Waals surface area (Å²) in [7, 11) is 3.18. The van der Waals surface area contributed by atoms with Gasteiger partial charge in [-0.25, -0.2) is 0 Å². The number of amides is 2. The van der Waals surface area contributed by atoms with E-state index in [1.165, 1.54) is 19.3 Å². The molecule has 0 N–H and O–H groups in total. The lowest BCUT2D eigenvalue weighted by Crippen LogP contribution is -2.56. The first-order chi connectivity index (χ1) is 16.5. The first-order valence-electron chi connectivity index (χ1n) is 12.1. The monoisotopic (exact) mass is 534 g/mol. The van der Waals surface area contributed by atoms with Crippen molar-refractivity contribution in [1.82, 2.24) is 19.6 Å². The summed E-state index contributed by atoms with van der Waals surface area (Å²) in [5, 5.41) is 0. The smallest absolute Gasteiger partial charge is 0.246 e. The summed E-state index contributed by atoms with van der Waals surface area (Å²) in [6.45, 7) is 6.80. The summed E-state index contributed by atoms with van der Waals surface area (Å²) in [5.41, 5.74) is 0.840. The molecule has 2 heterocycles. The fraction of sp³-hybridized carbons (Fsp3) is 0.600. The van der Waals surface area contributed by atoms with Gasteiger partial charge < -0.3 is 19.3 Å².